The highest BCUT2D eigenvalue weighted by Crippen LogP contribution is 2.32. The summed E-state index contributed by atoms with van der Waals surface area (Å²) in [5, 5.41) is 2.78. The number of alkyl carbamates (subject to hydrolysis) is 1. The number of esters is 1. The number of fused-ring (bicyclic) bond motifs is 3. The van der Waals surface area contributed by atoms with Gasteiger partial charge in [-0.15, -0.1) is 0 Å². The molecule has 38 heavy (non-hydrogen) atoms. The number of methoxy groups -OCH3 is 1. The smallest absolute Gasteiger partial charge is 0.410 e. The molecule has 3 atom stereocenters. The summed E-state index contributed by atoms with van der Waals surface area (Å²) < 4.78 is 16.2. The Morgan fingerprint density at radius 2 is 1.92 bits per heavy atom. The first kappa shape index (κ1) is 26.1. The Bertz CT molecular complexity index is 1110. The lowest BCUT2D eigenvalue weighted by Crippen LogP contribution is -2.54. The molecule has 10 nitrogen and oxygen atoms in total. The third-order valence-electron chi connectivity index (χ3n) is 8.02. The van der Waals surface area contributed by atoms with Crippen molar-refractivity contribution in [1.29, 1.82) is 0 Å². The van der Waals surface area contributed by atoms with Crippen LogP contribution in [0.3, 0.4) is 0 Å². The lowest BCUT2D eigenvalue weighted by atomic mass is 9.96. The van der Waals surface area contributed by atoms with Gasteiger partial charge >= 0.3 is 18.2 Å². The summed E-state index contributed by atoms with van der Waals surface area (Å²) in [5.74, 6) is -0.998. The zero-order valence-corrected chi connectivity index (χ0v) is 21.7. The second kappa shape index (κ2) is 11.4. The summed E-state index contributed by atoms with van der Waals surface area (Å²) in [7, 11) is 1.27. The normalized spacial score (nSPS) is 27.6. The summed E-state index contributed by atoms with van der Waals surface area (Å²) in [4.78, 5) is 55.3. The van der Waals surface area contributed by atoms with Gasteiger partial charge in [0.1, 0.15) is 18.2 Å². The van der Waals surface area contributed by atoms with Gasteiger partial charge in [0.2, 0.25) is 5.91 Å². The SMILES string of the molecule is COC(=O)[C@@H]1C[C@@H]2CN1C(=O)[C@H](C1CCCC1)NC(=O)OCCC/C=C/c1cccc3c1CN(C3)C(=O)O2. The number of amides is 3. The molecule has 5 rings (SSSR count). The predicted molar refractivity (Wildman–Crippen MR) is 137 cm³/mol. The lowest BCUT2D eigenvalue weighted by Gasteiger charge is -2.30. The van der Waals surface area contributed by atoms with Gasteiger partial charge in [0.15, 0.2) is 0 Å². The Balaban J connectivity index is 1.41. The van der Waals surface area contributed by atoms with Crippen molar-refractivity contribution in [3.63, 3.8) is 0 Å². The molecule has 3 aliphatic heterocycles. The van der Waals surface area contributed by atoms with Crippen molar-refractivity contribution in [3.8, 4) is 0 Å². The molecule has 3 heterocycles. The van der Waals surface area contributed by atoms with Gasteiger partial charge in [-0.1, -0.05) is 43.2 Å². The highest BCUT2D eigenvalue weighted by molar-refractivity contribution is 5.90. The molecule has 1 aliphatic carbocycles. The molecular weight excluding hydrogens is 490 g/mol. The number of carbonyl (C=O) groups is 4. The average molecular weight is 526 g/mol. The third-order valence-corrected chi connectivity index (χ3v) is 8.02. The van der Waals surface area contributed by atoms with E-state index >= 15 is 0 Å². The molecular formula is C28H35N3O7. The van der Waals surface area contributed by atoms with E-state index in [0.717, 1.165) is 42.4 Å². The van der Waals surface area contributed by atoms with Crippen LogP contribution in [0.5, 0.6) is 0 Å². The number of nitrogens with one attached hydrogen (secondary N) is 1. The van der Waals surface area contributed by atoms with Gasteiger partial charge in [-0.2, -0.15) is 0 Å². The highest BCUT2D eigenvalue weighted by atomic mass is 16.6. The molecule has 10 heteroatoms. The van der Waals surface area contributed by atoms with Crippen molar-refractivity contribution in [3.05, 3.63) is 41.0 Å². The average Bonchev–Trinajstić information content (AvgIpc) is 3.67. The molecule has 0 radical (unpaired) electrons. The van der Waals surface area contributed by atoms with Gasteiger partial charge in [-0.3, -0.25) is 9.69 Å². The molecule has 4 aliphatic rings. The van der Waals surface area contributed by atoms with Gasteiger partial charge in [-0.05, 0) is 48.3 Å². The van der Waals surface area contributed by atoms with Crippen molar-refractivity contribution in [2.45, 2.75) is 76.2 Å². The number of hydrogen-bond acceptors (Lipinski definition) is 7. The molecule has 4 bridgehead atoms. The van der Waals surface area contributed by atoms with Crippen LogP contribution in [0.15, 0.2) is 24.3 Å². The van der Waals surface area contributed by atoms with Crippen LogP contribution >= 0.6 is 0 Å². The zero-order chi connectivity index (χ0) is 26.6. The fraction of sp³-hybridized carbons (Fsp3) is 0.571. The molecule has 1 aromatic carbocycles. The number of rotatable bonds is 2. The first-order valence-corrected chi connectivity index (χ1v) is 13.5. The first-order chi connectivity index (χ1) is 18.4. The fourth-order valence-electron chi connectivity index (χ4n) is 6.03. The van der Waals surface area contributed by atoms with Crippen molar-refractivity contribution in [2.24, 2.45) is 5.92 Å². The molecule has 0 unspecified atom stereocenters. The van der Waals surface area contributed by atoms with Crippen LogP contribution in [0.25, 0.3) is 6.08 Å². The summed E-state index contributed by atoms with van der Waals surface area (Å²) >= 11 is 0. The maximum absolute atomic E-state index is 13.8. The molecule has 1 aromatic rings. The Labute approximate surface area is 222 Å². The number of hydrogen-bond donors (Lipinski definition) is 1. The van der Waals surface area contributed by atoms with Crippen molar-refractivity contribution >= 4 is 30.1 Å². The van der Waals surface area contributed by atoms with Crippen LogP contribution in [-0.4, -0.2) is 72.3 Å². The summed E-state index contributed by atoms with van der Waals surface area (Å²) in [6, 6.07) is 4.27. The number of allylic oxidation sites excluding steroid dienone is 1. The van der Waals surface area contributed by atoms with E-state index in [9.17, 15) is 19.2 Å². The van der Waals surface area contributed by atoms with Gasteiger partial charge in [0.05, 0.1) is 26.8 Å². The molecule has 1 saturated heterocycles. The number of nitrogens with zero attached hydrogens (tertiary/aromatic N) is 2. The lowest BCUT2D eigenvalue weighted by molar-refractivity contribution is -0.152. The van der Waals surface area contributed by atoms with Crippen LogP contribution in [0.1, 0.15) is 61.6 Å². The van der Waals surface area contributed by atoms with Crippen LogP contribution in [0.2, 0.25) is 0 Å². The Kier molecular flexibility index (Phi) is 7.85. The van der Waals surface area contributed by atoms with E-state index in [-0.39, 0.29) is 31.4 Å². The van der Waals surface area contributed by atoms with E-state index in [4.69, 9.17) is 14.2 Å². The zero-order valence-electron chi connectivity index (χ0n) is 21.7. The van der Waals surface area contributed by atoms with Gasteiger partial charge in [-0.25, -0.2) is 14.4 Å². The van der Waals surface area contributed by atoms with Crippen LogP contribution < -0.4 is 5.32 Å². The molecule has 1 N–H and O–H groups in total. The van der Waals surface area contributed by atoms with E-state index in [1.807, 2.05) is 30.4 Å². The standard InChI is InChI=1S/C28H35N3O7/c1-36-26(33)23-14-21-16-31(23)25(32)24(19-9-4-5-10-19)29-27(34)37-13-6-2-3-8-18-11-7-12-20-15-30(17-22(18)20)28(35)38-21/h3,7-8,11-12,19,21,23-24H,2,4-6,9-10,13-17H2,1H3,(H,29,34)/b8-3+/t21-,23+,24+/m1/s1. The topological polar surface area (TPSA) is 114 Å². The minimum Gasteiger partial charge on any atom is -0.467 e. The maximum atomic E-state index is 13.8. The monoisotopic (exact) mass is 525 g/mol. The van der Waals surface area contributed by atoms with Crippen LogP contribution in [0.4, 0.5) is 9.59 Å². The van der Waals surface area contributed by atoms with E-state index < -0.39 is 36.3 Å². The highest BCUT2D eigenvalue weighted by Gasteiger charge is 2.46. The van der Waals surface area contributed by atoms with Gasteiger partial charge in [0, 0.05) is 13.0 Å². The number of cyclic esters (lactones) is 1. The van der Waals surface area contributed by atoms with Crippen molar-refractivity contribution in [1.82, 2.24) is 15.1 Å². The van der Waals surface area contributed by atoms with Gasteiger partial charge in [0.25, 0.3) is 0 Å². The quantitative estimate of drug-likeness (QED) is 0.465. The summed E-state index contributed by atoms with van der Waals surface area (Å²) in [5.41, 5.74) is 3.18. The summed E-state index contributed by atoms with van der Waals surface area (Å²) in [6.45, 7) is 1.14. The minimum atomic E-state index is -0.898. The Morgan fingerprint density at radius 3 is 2.71 bits per heavy atom. The second-order valence-corrected chi connectivity index (χ2v) is 10.5. The number of carbonyl (C=O) groups excluding carboxylic acids is 4. The third kappa shape index (κ3) is 5.49. The molecule has 0 spiro atoms. The van der Waals surface area contributed by atoms with Crippen LogP contribution in [0, 0.1) is 5.92 Å². The number of benzene rings is 1. The summed E-state index contributed by atoms with van der Waals surface area (Å²) in [6.07, 6.45) is 7.30. The molecule has 2 fully saturated rings. The number of ether oxygens (including phenoxy) is 3. The maximum Gasteiger partial charge on any atom is 0.410 e. The van der Waals surface area contributed by atoms with E-state index in [2.05, 4.69) is 5.32 Å². The predicted octanol–water partition coefficient (Wildman–Crippen LogP) is 3.37. The van der Waals surface area contributed by atoms with Gasteiger partial charge < -0.3 is 24.4 Å². The minimum absolute atomic E-state index is 0.0525. The molecule has 3 amide bonds. The van der Waals surface area contributed by atoms with Crippen molar-refractivity contribution in [2.75, 3.05) is 20.3 Å². The largest absolute Gasteiger partial charge is 0.467 e. The van der Waals surface area contributed by atoms with Crippen molar-refractivity contribution < 1.29 is 33.4 Å². The van der Waals surface area contributed by atoms with Crippen LogP contribution in [-0.2, 0) is 36.9 Å². The molecule has 204 valence electrons. The van der Waals surface area contributed by atoms with E-state index in [0.29, 0.717) is 25.9 Å². The van der Waals surface area contributed by atoms with E-state index in [1.165, 1.54) is 12.0 Å². The fourth-order valence-corrected chi connectivity index (χ4v) is 6.03. The Morgan fingerprint density at radius 1 is 1.11 bits per heavy atom. The molecule has 1 saturated carbocycles. The molecule has 0 aromatic heterocycles. The first-order valence-electron chi connectivity index (χ1n) is 13.5. The van der Waals surface area contributed by atoms with E-state index in [1.54, 1.807) is 4.90 Å². The second-order valence-electron chi connectivity index (χ2n) is 10.5. The Hall–Kier alpha value is -3.56.